The minimum absolute atomic E-state index is 0.229. The topological polar surface area (TPSA) is 55.1 Å². The van der Waals surface area contributed by atoms with Crippen LogP contribution in [0.4, 0.5) is 0 Å². The largest absolute Gasteiger partial charge is 0.349 e. The van der Waals surface area contributed by atoms with E-state index in [4.69, 9.17) is 5.73 Å². The van der Waals surface area contributed by atoms with Gasteiger partial charge >= 0.3 is 0 Å². The first-order chi connectivity index (χ1) is 8.43. The maximum atomic E-state index is 12.4. The minimum atomic E-state index is -0.229. The number of fused-ring (bicyclic) bond motifs is 2. The molecule has 0 aliphatic heterocycles. The third-order valence-electron chi connectivity index (χ3n) is 4.81. The second-order valence-electron chi connectivity index (χ2n) is 7.13. The molecule has 2 saturated carbocycles. The van der Waals surface area contributed by atoms with Gasteiger partial charge in [0.15, 0.2) is 0 Å². The summed E-state index contributed by atoms with van der Waals surface area (Å²) in [6.45, 7) is 6.96. The second-order valence-corrected chi connectivity index (χ2v) is 7.13. The summed E-state index contributed by atoms with van der Waals surface area (Å²) in [6.07, 6.45) is 5.94. The van der Waals surface area contributed by atoms with Crippen molar-refractivity contribution in [2.45, 2.75) is 58.4 Å². The van der Waals surface area contributed by atoms with Gasteiger partial charge in [0.2, 0.25) is 5.91 Å². The monoisotopic (exact) mass is 252 g/mol. The molecule has 2 aliphatic rings. The van der Waals surface area contributed by atoms with Crippen LogP contribution in [0, 0.1) is 23.7 Å². The van der Waals surface area contributed by atoms with E-state index in [1.54, 1.807) is 0 Å². The fraction of sp³-hybridized carbons (Fsp3) is 0.933. The highest BCUT2D eigenvalue weighted by molar-refractivity contribution is 5.80. The van der Waals surface area contributed by atoms with Crippen molar-refractivity contribution in [3.8, 4) is 0 Å². The van der Waals surface area contributed by atoms with Crippen molar-refractivity contribution in [3.63, 3.8) is 0 Å². The van der Waals surface area contributed by atoms with Crippen LogP contribution in [0.2, 0.25) is 0 Å². The van der Waals surface area contributed by atoms with Crippen molar-refractivity contribution in [2.24, 2.45) is 29.4 Å². The number of nitrogens with two attached hydrogens (primary N) is 1. The molecule has 2 fully saturated rings. The molecule has 4 atom stereocenters. The van der Waals surface area contributed by atoms with Crippen LogP contribution in [0.1, 0.15) is 52.9 Å². The number of hydrogen-bond acceptors (Lipinski definition) is 2. The molecule has 4 unspecified atom stereocenters. The highest BCUT2D eigenvalue weighted by Crippen LogP contribution is 2.48. The van der Waals surface area contributed by atoms with Crippen LogP contribution in [0.5, 0.6) is 0 Å². The number of rotatable bonds is 5. The van der Waals surface area contributed by atoms with E-state index in [0.29, 0.717) is 18.4 Å². The molecular weight excluding hydrogens is 224 g/mol. The lowest BCUT2D eigenvalue weighted by molar-refractivity contribution is -0.128. The van der Waals surface area contributed by atoms with Crippen molar-refractivity contribution in [1.29, 1.82) is 0 Å². The van der Waals surface area contributed by atoms with Crippen LogP contribution in [0.15, 0.2) is 0 Å². The Morgan fingerprint density at radius 1 is 1.39 bits per heavy atom. The van der Waals surface area contributed by atoms with E-state index in [1.807, 2.05) is 0 Å². The minimum Gasteiger partial charge on any atom is -0.349 e. The van der Waals surface area contributed by atoms with Crippen molar-refractivity contribution >= 4 is 5.91 Å². The first-order valence-corrected chi connectivity index (χ1v) is 7.45. The number of carbonyl (C=O) groups excluding carboxylic acids is 1. The fourth-order valence-electron chi connectivity index (χ4n) is 4.04. The zero-order valence-corrected chi connectivity index (χ0v) is 12.0. The Hall–Kier alpha value is -0.570. The van der Waals surface area contributed by atoms with Crippen molar-refractivity contribution in [2.75, 3.05) is 6.54 Å². The van der Waals surface area contributed by atoms with Gasteiger partial charge in [0, 0.05) is 18.0 Å². The molecule has 1 amide bonds. The van der Waals surface area contributed by atoms with Gasteiger partial charge in [-0.15, -0.1) is 0 Å². The van der Waals surface area contributed by atoms with E-state index < -0.39 is 0 Å². The van der Waals surface area contributed by atoms with E-state index in [1.165, 1.54) is 19.3 Å². The molecule has 0 spiro atoms. The van der Waals surface area contributed by atoms with Crippen LogP contribution >= 0.6 is 0 Å². The standard InChI is InChI=1S/C15H28N2O/c1-10(2)8-15(3,9-16)17-14(18)13-7-11-4-5-12(13)6-11/h10-13H,4-9,16H2,1-3H3,(H,17,18). The molecule has 2 rings (SSSR count). The number of nitrogens with one attached hydrogen (secondary N) is 1. The van der Waals surface area contributed by atoms with Gasteiger partial charge < -0.3 is 11.1 Å². The summed E-state index contributed by atoms with van der Waals surface area (Å²) >= 11 is 0. The van der Waals surface area contributed by atoms with Gasteiger partial charge in [-0.25, -0.2) is 0 Å². The maximum Gasteiger partial charge on any atom is 0.223 e. The predicted octanol–water partition coefficient (Wildman–Crippen LogP) is 2.30. The molecule has 2 bridgehead atoms. The lowest BCUT2D eigenvalue weighted by atomic mass is 9.85. The smallest absolute Gasteiger partial charge is 0.223 e. The summed E-state index contributed by atoms with van der Waals surface area (Å²) in [5.41, 5.74) is 5.63. The van der Waals surface area contributed by atoms with Crippen LogP contribution in [-0.4, -0.2) is 18.0 Å². The van der Waals surface area contributed by atoms with Gasteiger partial charge in [-0.3, -0.25) is 4.79 Å². The van der Waals surface area contributed by atoms with Crippen LogP contribution in [-0.2, 0) is 4.79 Å². The molecule has 0 heterocycles. The summed E-state index contributed by atoms with van der Waals surface area (Å²) < 4.78 is 0. The number of hydrogen-bond donors (Lipinski definition) is 2. The van der Waals surface area contributed by atoms with Crippen molar-refractivity contribution in [1.82, 2.24) is 5.32 Å². The average Bonchev–Trinajstić information content (AvgIpc) is 2.89. The molecular formula is C15H28N2O. The molecule has 3 N–H and O–H groups in total. The summed E-state index contributed by atoms with van der Waals surface area (Å²) in [6, 6.07) is 0. The van der Waals surface area contributed by atoms with E-state index in [2.05, 4.69) is 26.1 Å². The van der Waals surface area contributed by atoms with Gasteiger partial charge in [0.1, 0.15) is 0 Å². The quantitative estimate of drug-likeness (QED) is 0.789. The van der Waals surface area contributed by atoms with E-state index in [9.17, 15) is 4.79 Å². The Bertz CT molecular complexity index is 316. The molecule has 0 aromatic rings. The third-order valence-corrected chi connectivity index (χ3v) is 4.81. The van der Waals surface area contributed by atoms with Gasteiger partial charge in [0.25, 0.3) is 0 Å². The molecule has 0 radical (unpaired) electrons. The molecule has 0 aromatic heterocycles. The van der Waals surface area contributed by atoms with E-state index in [0.717, 1.165) is 18.8 Å². The number of amides is 1. The SMILES string of the molecule is CC(C)CC(C)(CN)NC(=O)C1CC2CCC1C2. The van der Waals surface area contributed by atoms with E-state index in [-0.39, 0.29) is 17.4 Å². The lowest BCUT2D eigenvalue weighted by Crippen LogP contribution is -2.54. The van der Waals surface area contributed by atoms with Gasteiger partial charge in [-0.1, -0.05) is 20.3 Å². The Kier molecular flexibility index (Phi) is 4.00. The summed E-state index contributed by atoms with van der Waals surface area (Å²) in [5, 5.41) is 3.24. The van der Waals surface area contributed by atoms with Crippen LogP contribution in [0.25, 0.3) is 0 Å². The summed E-state index contributed by atoms with van der Waals surface area (Å²) in [4.78, 5) is 12.4. The zero-order chi connectivity index (χ0) is 13.3. The summed E-state index contributed by atoms with van der Waals surface area (Å²) in [7, 11) is 0. The number of carbonyl (C=O) groups is 1. The first kappa shape index (κ1) is 13.9. The Labute approximate surface area is 111 Å². The first-order valence-electron chi connectivity index (χ1n) is 7.45. The van der Waals surface area contributed by atoms with Gasteiger partial charge in [-0.05, 0) is 50.4 Å². The Morgan fingerprint density at radius 2 is 2.11 bits per heavy atom. The van der Waals surface area contributed by atoms with Gasteiger partial charge in [-0.2, -0.15) is 0 Å². The molecule has 2 aliphatic carbocycles. The lowest BCUT2D eigenvalue weighted by Gasteiger charge is -2.33. The van der Waals surface area contributed by atoms with Crippen molar-refractivity contribution in [3.05, 3.63) is 0 Å². The molecule has 104 valence electrons. The average molecular weight is 252 g/mol. The normalized spacial score (nSPS) is 33.7. The molecule has 18 heavy (non-hydrogen) atoms. The zero-order valence-electron chi connectivity index (χ0n) is 12.0. The summed E-state index contributed by atoms with van der Waals surface area (Å²) in [5.74, 6) is 2.55. The van der Waals surface area contributed by atoms with Crippen LogP contribution < -0.4 is 11.1 Å². The fourth-order valence-corrected chi connectivity index (χ4v) is 4.04. The van der Waals surface area contributed by atoms with Gasteiger partial charge in [0.05, 0.1) is 0 Å². The highest BCUT2D eigenvalue weighted by Gasteiger charge is 2.44. The van der Waals surface area contributed by atoms with E-state index >= 15 is 0 Å². The molecule has 0 saturated heterocycles. The van der Waals surface area contributed by atoms with Crippen molar-refractivity contribution < 1.29 is 4.79 Å². The Morgan fingerprint density at radius 3 is 2.56 bits per heavy atom. The second kappa shape index (κ2) is 5.20. The molecule has 3 heteroatoms. The Balaban J connectivity index is 1.93. The third kappa shape index (κ3) is 2.87. The maximum absolute atomic E-state index is 12.4. The van der Waals surface area contributed by atoms with Crippen LogP contribution in [0.3, 0.4) is 0 Å². The molecule has 3 nitrogen and oxygen atoms in total. The highest BCUT2D eigenvalue weighted by atomic mass is 16.2. The predicted molar refractivity (Wildman–Crippen MR) is 74.0 cm³/mol. The molecule has 0 aromatic carbocycles.